The minimum atomic E-state index is -3.88. The molecule has 1 atom stereocenters. The Morgan fingerprint density at radius 3 is 2.48 bits per heavy atom. The molecule has 0 aliphatic carbocycles. The Morgan fingerprint density at radius 2 is 1.89 bits per heavy atom. The van der Waals surface area contributed by atoms with Crippen LogP contribution < -0.4 is 9.46 Å². The van der Waals surface area contributed by atoms with Gasteiger partial charge in [0.1, 0.15) is 16.5 Å². The number of methoxy groups -OCH3 is 1. The quantitative estimate of drug-likeness (QED) is 0.677. The average molecular weight is 415 g/mol. The van der Waals surface area contributed by atoms with Gasteiger partial charge >= 0.3 is 0 Å². The summed E-state index contributed by atoms with van der Waals surface area (Å²) in [6.45, 7) is 5.67. The fourth-order valence-corrected chi connectivity index (χ4v) is 4.50. The van der Waals surface area contributed by atoms with E-state index in [0.29, 0.717) is 5.75 Å². The number of hydrogen-bond acceptors (Lipinski definition) is 4. The average Bonchev–Trinajstić information content (AvgIpc) is 2.64. The van der Waals surface area contributed by atoms with Crippen molar-refractivity contribution in [1.82, 2.24) is 9.62 Å². The molecule has 0 aliphatic rings. The molecule has 0 unspecified atom stereocenters. The number of nitrogens with zero attached hydrogens (tertiary/aromatic N) is 1. The highest BCUT2D eigenvalue weighted by Gasteiger charge is 2.24. The molecule has 2 aromatic carbocycles. The molecule has 0 amide bonds. The molecule has 2 aromatic rings. The van der Waals surface area contributed by atoms with Gasteiger partial charge in [-0.2, -0.15) is 0 Å². The molecule has 0 saturated carbocycles. The summed E-state index contributed by atoms with van der Waals surface area (Å²) in [6, 6.07) is 10.6. The summed E-state index contributed by atoms with van der Waals surface area (Å²) in [5.41, 5.74) is 0.936. The highest BCUT2D eigenvalue weighted by molar-refractivity contribution is 7.89. The lowest BCUT2D eigenvalue weighted by molar-refractivity contribution is 0.219. The van der Waals surface area contributed by atoms with Crippen molar-refractivity contribution in [2.45, 2.75) is 24.8 Å². The van der Waals surface area contributed by atoms with E-state index in [4.69, 9.17) is 16.3 Å². The van der Waals surface area contributed by atoms with Gasteiger partial charge in [0.2, 0.25) is 10.0 Å². The lowest BCUT2D eigenvalue weighted by Gasteiger charge is -2.30. The van der Waals surface area contributed by atoms with Crippen molar-refractivity contribution in [2.75, 3.05) is 26.7 Å². The van der Waals surface area contributed by atoms with Crippen LogP contribution in [0.4, 0.5) is 4.39 Å². The third kappa shape index (κ3) is 5.42. The van der Waals surface area contributed by atoms with Crippen molar-refractivity contribution < 1.29 is 17.5 Å². The molecule has 8 heteroatoms. The summed E-state index contributed by atoms with van der Waals surface area (Å²) < 4.78 is 46.4. The van der Waals surface area contributed by atoms with Crippen LogP contribution in [0.1, 0.15) is 25.5 Å². The highest BCUT2D eigenvalue weighted by atomic mass is 35.5. The van der Waals surface area contributed by atoms with E-state index in [2.05, 4.69) is 9.62 Å². The molecule has 2 rings (SSSR count). The summed E-state index contributed by atoms with van der Waals surface area (Å²) in [4.78, 5) is 2.00. The summed E-state index contributed by atoms with van der Waals surface area (Å²) >= 11 is 5.92. The van der Waals surface area contributed by atoms with Gasteiger partial charge in [-0.3, -0.25) is 4.90 Å². The molecule has 27 heavy (non-hydrogen) atoms. The van der Waals surface area contributed by atoms with E-state index >= 15 is 0 Å². The van der Waals surface area contributed by atoms with Crippen molar-refractivity contribution in [3.63, 3.8) is 0 Å². The minimum Gasteiger partial charge on any atom is -0.497 e. The summed E-state index contributed by atoms with van der Waals surface area (Å²) in [7, 11) is -2.29. The van der Waals surface area contributed by atoms with E-state index in [1.807, 2.05) is 38.1 Å². The summed E-state index contributed by atoms with van der Waals surface area (Å²) in [5, 5.41) is -0.150. The molecule has 0 aliphatic heterocycles. The smallest absolute Gasteiger partial charge is 0.242 e. The maximum atomic E-state index is 13.2. The molecule has 0 spiro atoms. The molecule has 0 heterocycles. The first kappa shape index (κ1) is 21.6. The van der Waals surface area contributed by atoms with E-state index in [-0.39, 0.29) is 22.5 Å². The number of nitrogens with one attached hydrogen (secondary N) is 1. The topological polar surface area (TPSA) is 58.6 Å². The second-order valence-corrected chi connectivity index (χ2v) is 8.08. The lowest BCUT2D eigenvalue weighted by atomic mass is 10.0. The number of benzene rings is 2. The molecule has 0 fully saturated rings. The maximum absolute atomic E-state index is 13.2. The molecular formula is C19H24ClFN2O3S. The SMILES string of the molecule is CCN(CC)[C@H](CNS(=O)(=O)c1ccc(F)cc1Cl)c1cccc(OC)c1. The summed E-state index contributed by atoms with van der Waals surface area (Å²) in [5.74, 6) is 0.116. The first-order chi connectivity index (χ1) is 12.8. The normalized spacial score (nSPS) is 13.0. The van der Waals surface area contributed by atoms with Gasteiger partial charge in [-0.15, -0.1) is 0 Å². The lowest BCUT2D eigenvalue weighted by Crippen LogP contribution is -2.38. The summed E-state index contributed by atoms with van der Waals surface area (Å²) in [6.07, 6.45) is 0. The van der Waals surface area contributed by atoms with Gasteiger partial charge in [0.25, 0.3) is 0 Å². The Kier molecular flexibility index (Phi) is 7.61. The molecule has 0 aromatic heterocycles. The first-order valence-electron chi connectivity index (χ1n) is 8.65. The number of hydrogen-bond donors (Lipinski definition) is 1. The standard InChI is InChI=1S/C19H24ClFN2O3S/c1-4-23(5-2)18(14-7-6-8-16(11-14)26-3)13-22-27(24,25)19-10-9-15(21)12-17(19)20/h6-12,18,22H,4-5,13H2,1-3H3/t18-/m1/s1. The van der Waals surface area contributed by atoms with Gasteiger partial charge in [-0.25, -0.2) is 17.5 Å². The Balaban J connectivity index is 2.29. The van der Waals surface area contributed by atoms with Crippen LogP contribution in [0.5, 0.6) is 5.75 Å². The molecule has 1 N–H and O–H groups in total. The highest BCUT2D eigenvalue weighted by Crippen LogP contribution is 2.26. The van der Waals surface area contributed by atoms with Gasteiger partial charge in [-0.05, 0) is 49.0 Å². The van der Waals surface area contributed by atoms with Crippen LogP contribution in [0.15, 0.2) is 47.4 Å². The third-order valence-corrected chi connectivity index (χ3v) is 6.29. The fraction of sp³-hybridized carbons (Fsp3) is 0.368. The molecule has 148 valence electrons. The van der Waals surface area contributed by atoms with Crippen LogP contribution in [-0.4, -0.2) is 40.1 Å². The zero-order chi connectivity index (χ0) is 20.0. The van der Waals surface area contributed by atoms with Gasteiger partial charge in [-0.1, -0.05) is 37.6 Å². The number of sulfonamides is 1. The van der Waals surface area contributed by atoms with Crippen molar-refractivity contribution in [3.8, 4) is 5.75 Å². The number of likely N-dealkylation sites (N-methyl/N-ethyl adjacent to an activating group) is 1. The largest absolute Gasteiger partial charge is 0.497 e. The molecular weight excluding hydrogens is 391 g/mol. The Bertz CT molecular complexity index is 873. The van der Waals surface area contributed by atoms with Crippen molar-refractivity contribution >= 4 is 21.6 Å². The van der Waals surface area contributed by atoms with E-state index in [0.717, 1.165) is 36.9 Å². The predicted octanol–water partition coefficient (Wildman–Crippen LogP) is 3.85. The maximum Gasteiger partial charge on any atom is 0.242 e. The van der Waals surface area contributed by atoms with Crippen LogP contribution >= 0.6 is 11.6 Å². The number of halogens is 2. The Hall–Kier alpha value is -1.67. The van der Waals surface area contributed by atoms with Crippen LogP contribution in [0.3, 0.4) is 0 Å². The second kappa shape index (κ2) is 9.50. The van der Waals surface area contributed by atoms with Gasteiger partial charge in [0, 0.05) is 12.6 Å². The first-order valence-corrected chi connectivity index (χ1v) is 10.5. The third-order valence-electron chi connectivity index (χ3n) is 4.38. The molecule has 5 nitrogen and oxygen atoms in total. The fourth-order valence-electron chi connectivity index (χ4n) is 2.93. The van der Waals surface area contributed by atoms with Crippen molar-refractivity contribution in [3.05, 3.63) is 58.9 Å². The number of rotatable bonds is 9. The molecule has 0 radical (unpaired) electrons. The number of ether oxygens (including phenoxy) is 1. The zero-order valence-electron chi connectivity index (χ0n) is 15.6. The second-order valence-electron chi connectivity index (χ2n) is 5.94. The minimum absolute atomic E-state index is 0.144. The van der Waals surface area contributed by atoms with E-state index in [1.165, 1.54) is 0 Å². The van der Waals surface area contributed by atoms with Crippen LogP contribution in [0, 0.1) is 5.82 Å². The monoisotopic (exact) mass is 414 g/mol. The molecule has 0 bridgehead atoms. The van der Waals surface area contributed by atoms with E-state index < -0.39 is 15.8 Å². The van der Waals surface area contributed by atoms with Crippen molar-refractivity contribution in [1.29, 1.82) is 0 Å². The van der Waals surface area contributed by atoms with E-state index in [9.17, 15) is 12.8 Å². The van der Waals surface area contributed by atoms with Crippen molar-refractivity contribution in [2.24, 2.45) is 0 Å². The van der Waals surface area contributed by atoms with Gasteiger partial charge < -0.3 is 4.74 Å². The zero-order valence-corrected chi connectivity index (χ0v) is 17.1. The predicted molar refractivity (Wildman–Crippen MR) is 105 cm³/mol. The van der Waals surface area contributed by atoms with Crippen LogP contribution in [0.25, 0.3) is 0 Å². The Morgan fingerprint density at radius 1 is 1.19 bits per heavy atom. The van der Waals surface area contributed by atoms with Crippen LogP contribution in [0.2, 0.25) is 5.02 Å². The Labute approximate surface area is 165 Å². The van der Waals surface area contributed by atoms with Gasteiger partial charge in [0.05, 0.1) is 12.1 Å². The molecule has 0 saturated heterocycles. The van der Waals surface area contributed by atoms with Crippen LogP contribution in [-0.2, 0) is 10.0 Å². The van der Waals surface area contributed by atoms with Gasteiger partial charge in [0.15, 0.2) is 0 Å². The van der Waals surface area contributed by atoms with E-state index in [1.54, 1.807) is 7.11 Å².